The Morgan fingerprint density at radius 2 is 1.96 bits per heavy atom. The Balaban J connectivity index is 1.28. The number of ether oxygens (including phenoxy) is 1. The number of amides is 1. The average Bonchev–Trinajstić information content (AvgIpc) is 3.17. The molecule has 0 bridgehead atoms. The summed E-state index contributed by atoms with van der Waals surface area (Å²) in [7, 11) is 0. The zero-order valence-corrected chi connectivity index (χ0v) is 16.3. The maximum absolute atomic E-state index is 13.8. The molecule has 2 aliphatic rings. The van der Waals surface area contributed by atoms with Crippen LogP contribution in [0, 0.1) is 5.82 Å². The number of nitrogens with one attached hydrogen (secondary N) is 3. The number of halogens is 1. The zero-order valence-electron chi connectivity index (χ0n) is 16.3. The van der Waals surface area contributed by atoms with Gasteiger partial charge in [-0.05, 0) is 42.8 Å². The molecule has 0 radical (unpaired) electrons. The minimum absolute atomic E-state index is 0.123. The van der Waals surface area contributed by atoms with Crippen molar-refractivity contribution in [2.45, 2.75) is 25.9 Å². The van der Waals surface area contributed by atoms with Crippen LogP contribution in [0.15, 0.2) is 42.5 Å². The van der Waals surface area contributed by atoms with Crippen LogP contribution in [0.3, 0.4) is 0 Å². The van der Waals surface area contributed by atoms with E-state index in [9.17, 15) is 9.18 Å². The summed E-state index contributed by atoms with van der Waals surface area (Å²) in [6.07, 6.45) is 1.01. The lowest BCUT2D eigenvalue weighted by Crippen LogP contribution is -3.29. The average molecular weight is 385 g/mol. The summed E-state index contributed by atoms with van der Waals surface area (Å²) in [5.74, 6) is 0.511. The van der Waals surface area contributed by atoms with Crippen molar-refractivity contribution in [3.63, 3.8) is 0 Å². The summed E-state index contributed by atoms with van der Waals surface area (Å²) < 4.78 is 19.3. The maximum atomic E-state index is 13.8. The number of hydrogen-bond acceptors (Lipinski definition) is 2. The smallest absolute Gasteiger partial charge is 0.282 e. The summed E-state index contributed by atoms with van der Waals surface area (Å²) in [5, 5.41) is 2.73. The number of rotatable bonds is 5. The van der Waals surface area contributed by atoms with Gasteiger partial charge in [0.2, 0.25) is 0 Å². The molecule has 0 unspecified atom stereocenters. The number of para-hydroxylation sites is 1. The molecule has 1 saturated heterocycles. The molecule has 0 spiro atoms. The number of quaternary nitrogens is 2. The highest BCUT2D eigenvalue weighted by atomic mass is 19.1. The molecular weight excluding hydrogens is 357 g/mol. The first-order chi connectivity index (χ1) is 13.6. The lowest BCUT2D eigenvalue weighted by molar-refractivity contribution is -1.02. The maximum Gasteiger partial charge on any atom is 0.282 e. The lowest BCUT2D eigenvalue weighted by atomic mass is 10.1. The van der Waals surface area contributed by atoms with E-state index in [0.29, 0.717) is 0 Å². The van der Waals surface area contributed by atoms with Crippen LogP contribution >= 0.6 is 0 Å². The van der Waals surface area contributed by atoms with Gasteiger partial charge in [0.15, 0.2) is 6.04 Å². The fraction of sp³-hybridized carbons (Fsp3) is 0.409. The summed E-state index contributed by atoms with van der Waals surface area (Å²) in [6.45, 7) is 7.67. The van der Waals surface area contributed by atoms with Crippen LogP contribution in [0.5, 0.6) is 5.75 Å². The molecule has 2 heterocycles. The van der Waals surface area contributed by atoms with Gasteiger partial charge in [-0.2, -0.15) is 0 Å². The van der Waals surface area contributed by atoms with E-state index in [-0.39, 0.29) is 17.6 Å². The number of carbonyl (C=O) groups is 1. The van der Waals surface area contributed by atoms with Crippen LogP contribution in [-0.4, -0.2) is 44.7 Å². The highest BCUT2D eigenvalue weighted by Gasteiger charge is 2.31. The molecule has 1 atom stereocenters. The van der Waals surface area contributed by atoms with Crippen molar-refractivity contribution in [1.29, 1.82) is 0 Å². The molecule has 2 aromatic carbocycles. The Kier molecular flexibility index (Phi) is 5.59. The predicted molar refractivity (Wildman–Crippen MR) is 105 cm³/mol. The van der Waals surface area contributed by atoms with Gasteiger partial charge in [-0.15, -0.1) is 0 Å². The van der Waals surface area contributed by atoms with E-state index in [1.807, 2.05) is 6.92 Å². The van der Waals surface area contributed by atoms with E-state index < -0.39 is 5.82 Å². The van der Waals surface area contributed by atoms with Crippen molar-refractivity contribution in [3.05, 3.63) is 59.4 Å². The van der Waals surface area contributed by atoms with Gasteiger partial charge in [0.1, 0.15) is 44.3 Å². The second-order valence-corrected chi connectivity index (χ2v) is 7.82. The van der Waals surface area contributed by atoms with Crippen molar-refractivity contribution in [2.24, 2.45) is 0 Å². The first-order valence-corrected chi connectivity index (χ1v) is 10.1. The van der Waals surface area contributed by atoms with Crippen molar-refractivity contribution in [3.8, 4) is 5.75 Å². The van der Waals surface area contributed by atoms with Gasteiger partial charge in [-0.25, -0.2) is 4.39 Å². The Labute approximate surface area is 165 Å². The number of benzene rings is 2. The number of piperazine rings is 1. The third-order valence-corrected chi connectivity index (χ3v) is 5.94. The molecule has 5 nitrogen and oxygen atoms in total. The highest BCUT2D eigenvalue weighted by Crippen LogP contribution is 2.25. The molecule has 2 aliphatic heterocycles. The Morgan fingerprint density at radius 1 is 1.18 bits per heavy atom. The van der Waals surface area contributed by atoms with E-state index in [1.165, 1.54) is 22.1 Å². The summed E-state index contributed by atoms with van der Waals surface area (Å²) in [4.78, 5) is 15.3. The molecule has 0 aromatic heterocycles. The van der Waals surface area contributed by atoms with Crippen LogP contribution in [0.25, 0.3) is 0 Å². The summed E-state index contributed by atoms with van der Waals surface area (Å²) in [6, 6.07) is 12.6. The Hall–Kier alpha value is -2.44. The van der Waals surface area contributed by atoms with E-state index in [0.717, 1.165) is 51.5 Å². The first kappa shape index (κ1) is 18.9. The standard InChI is InChI=1S/C22H26FN3O2/c1-16(22(27)24-20-5-3-2-4-19(20)23)26-11-9-25(10-12-26)15-17-6-7-21-18(14-17)8-13-28-21/h2-7,14,16H,8-13,15H2,1H3,(H,24,27)/p+2/t16-/m0/s1. The van der Waals surface area contributed by atoms with Gasteiger partial charge in [0.25, 0.3) is 5.91 Å². The van der Waals surface area contributed by atoms with Crippen molar-refractivity contribution in [2.75, 3.05) is 38.1 Å². The molecule has 1 fully saturated rings. The third kappa shape index (κ3) is 4.18. The molecule has 148 valence electrons. The molecule has 0 saturated carbocycles. The molecule has 1 amide bonds. The highest BCUT2D eigenvalue weighted by molar-refractivity contribution is 5.93. The minimum atomic E-state index is -0.396. The number of anilines is 1. The number of fused-ring (bicyclic) bond motifs is 1. The second kappa shape index (κ2) is 8.29. The van der Waals surface area contributed by atoms with Gasteiger partial charge in [0, 0.05) is 12.0 Å². The van der Waals surface area contributed by atoms with Gasteiger partial charge in [0.05, 0.1) is 12.3 Å². The van der Waals surface area contributed by atoms with E-state index in [2.05, 4.69) is 23.5 Å². The van der Waals surface area contributed by atoms with E-state index in [1.54, 1.807) is 23.1 Å². The van der Waals surface area contributed by atoms with Gasteiger partial charge < -0.3 is 19.9 Å². The van der Waals surface area contributed by atoms with Crippen LogP contribution < -0.4 is 19.9 Å². The number of carbonyl (C=O) groups excluding carboxylic acids is 1. The second-order valence-electron chi connectivity index (χ2n) is 7.82. The van der Waals surface area contributed by atoms with Crippen molar-refractivity contribution >= 4 is 11.6 Å². The fourth-order valence-corrected chi connectivity index (χ4v) is 4.16. The van der Waals surface area contributed by atoms with Crippen LogP contribution in [0.1, 0.15) is 18.1 Å². The molecule has 6 heteroatoms. The summed E-state index contributed by atoms with van der Waals surface area (Å²) >= 11 is 0. The monoisotopic (exact) mass is 385 g/mol. The SMILES string of the molecule is C[C@@H](C(=O)Nc1ccccc1F)[NH+]1CC[NH+](Cc2ccc3c(c2)CCO3)CC1. The fourth-order valence-electron chi connectivity index (χ4n) is 4.16. The van der Waals surface area contributed by atoms with Crippen LogP contribution in [0.2, 0.25) is 0 Å². The van der Waals surface area contributed by atoms with Gasteiger partial charge >= 0.3 is 0 Å². The first-order valence-electron chi connectivity index (χ1n) is 10.1. The lowest BCUT2D eigenvalue weighted by Gasteiger charge is -2.32. The molecule has 4 rings (SSSR count). The largest absolute Gasteiger partial charge is 0.493 e. The van der Waals surface area contributed by atoms with E-state index in [4.69, 9.17) is 4.74 Å². The topological polar surface area (TPSA) is 47.2 Å². The molecular formula is C22H28FN3O2+2. The Bertz CT molecular complexity index is 849. The molecule has 28 heavy (non-hydrogen) atoms. The summed E-state index contributed by atoms with van der Waals surface area (Å²) in [5.41, 5.74) is 2.93. The molecule has 3 N–H and O–H groups in total. The van der Waals surface area contributed by atoms with E-state index >= 15 is 0 Å². The minimum Gasteiger partial charge on any atom is -0.493 e. The van der Waals surface area contributed by atoms with Gasteiger partial charge in [-0.3, -0.25) is 4.79 Å². The Morgan fingerprint density at radius 3 is 2.75 bits per heavy atom. The van der Waals surface area contributed by atoms with Gasteiger partial charge in [-0.1, -0.05) is 12.1 Å². The normalized spacial score (nSPS) is 22.2. The van der Waals surface area contributed by atoms with Crippen molar-refractivity contribution < 1.29 is 23.7 Å². The van der Waals surface area contributed by atoms with Crippen molar-refractivity contribution in [1.82, 2.24) is 0 Å². The molecule has 2 aromatic rings. The zero-order chi connectivity index (χ0) is 19.5. The van der Waals surface area contributed by atoms with Crippen LogP contribution in [0.4, 0.5) is 10.1 Å². The van der Waals surface area contributed by atoms with Crippen LogP contribution in [-0.2, 0) is 17.8 Å². The predicted octanol–water partition coefficient (Wildman–Crippen LogP) is 0.0712. The molecule has 0 aliphatic carbocycles. The number of hydrogen-bond donors (Lipinski definition) is 3. The third-order valence-electron chi connectivity index (χ3n) is 5.94. The quantitative estimate of drug-likeness (QED) is 0.682.